The number of phenols is 1. The van der Waals surface area contributed by atoms with Gasteiger partial charge in [0, 0.05) is 22.8 Å². The molecule has 0 bridgehead atoms. The van der Waals surface area contributed by atoms with E-state index in [9.17, 15) is 9.90 Å². The molecular weight excluding hydrogens is 276 g/mol. The van der Waals surface area contributed by atoms with Crippen LogP contribution in [-0.2, 0) is 17.8 Å². The SMILES string of the molecule is NC(=O)Cc1ccccc1NCc1c(O)cccc1Cl. The number of halogens is 1. The maximum absolute atomic E-state index is 11.0. The number of primary amides is 1. The van der Waals surface area contributed by atoms with Crippen molar-refractivity contribution in [3.8, 4) is 5.75 Å². The van der Waals surface area contributed by atoms with Gasteiger partial charge in [0.25, 0.3) is 0 Å². The predicted molar refractivity (Wildman–Crippen MR) is 79.8 cm³/mol. The zero-order valence-corrected chi connectivity index (χ0v) is 11.5. The molecule has 0 saturated carbocycles. The van der Waals surface area contributed by atoms with Gasteiger partial charge in [-0.15, -0.1) is 0 Å². The molecule has 4 N–H and O–H groups in total. The van der Waals surface area contributed by atoms with Gasteiger partial charge in [-0.05, 0) is 23.8 Å². The van der Waals surface area contributed by atoms with E-state index in [-0.39, 0.29) is 18.1 Å². The van der Waals surface area contributed by atoms with Crippen LogP contribution in [0.25, 0.3) is 0 Å². The van der Waals surface area contributed by atoms with Crippen LogP contribution in [0.3, 0.4) is 0 Å². The zero-order chi connectivity index (χ0) is 14.5. The molecule has 2 rings (SSSR count). The third-order valence-corrected chi connectivity index (χ3v) is 3.29. The minimum atomic E-state index is -0.389. The molecular formula is C15H15ClN2O2. The number of nitrogens with two attached hydrogens (primary N) is 1. The second-order valence-corrected chi connectivity index (χ2v) is 4.80. The Balaban J connectivity index is 2.17. The van der Waals surface area contributed by atoms with Crippen molar-refractivity contribution in [2.24, 2.45) is 5.73 Å². The molecule has 0 saturated heterocycles. The van der Waals surface area contributed by atoms with E-state index in [0.29, 0.717) is 17.1 Å². The monoisotopic (exact) mass is 290 g/mol. The van der Waals surface area contributed by atoms with E-state index < -0.39 is 0 Å². The van der Waals surface area contributed by atoms with Crippen molar-refractivity contribution in [2.45, 2.75) is 13.0 Å². The summed E-state index contributed by atoms with van der Waals surface area (Å²) in [6.45, 7) is 0.362. The van der Waals surface area contributed by atoms with E-state index >= 15 is 0 Å². The largest absolute Gasteiger partial charge is 0.508 e. The average molecular weight is 291 g/mol. The van der Waals surface area contributed by atoms with Gasteiger partial charge in [-0.3, -0.25) is 4.79 Å². The van der Waals surface area contributed by atoms with E-state index in [4.69, 9.17) is 17.3 Å². The lowest BCUT2D eigenvalue weighted by molar-refractivity contribution is -0.117. The fraction of sp³-hybridized carbons (Fsp3) is 0.133. The van der Waals surface area contributed by atoms with Gasteiger partial charge in [-0.25, -0.2) is 0 Å². The highest BCUT2D eigenvalue weighted by Crippen LogP contribution is 2.26. The van der Waals surface area contributed by atoms with Crippen molar-refractivity contribution in [2.75, 3.05) is 5.32 Å². The first-order valence-corrected chi connectivity index (χ1v) is 6.52. The molecule has 0 unspecified atom stereocenters. The molecule has 4 nitrogen and oxygen atoms in total. The first-order chi connectivity index (χ1) is 9.58. The van der Waals surface area contributed by atoms with E-state index in [1.54, 1.807) is 18.2 Å². The normalized spacial score (nSPS) is 10.2. The third kappa shape index (κ3) is 3.42. The van der Waals surface area contributed by atoms with Gasteiger partial charge in [0.1, 0.15) is 5.75 Å². The number of rotatable bonds is 5. The van der Waals surface area contributed by atoms with Crippen molar-refractivity contribution < 1.29 is 9.90 Å². The van der Waals surface area contributed by atoms with E-state index in [2.05, 4.69) is 5.32 Å². The minimum Gasteiger partial charge on any atom is -0.508 e. The number of para-hydroxylation sites is 1. The van der Waals surface area contributed by atoms with E-state index in [1.165, 1.54) is 0 Å². The number of benzene rings is 2. The molecule has 2 aromatic carbocycles. The number of aromatic hydroxyl groups is 1. The van der Waals surface area contributed by atoms with Gasteiger partial charge in [-0.1, -0.05) is 35.9 Å². The Morgan fingerprint density at radius 2 is 1.95 bits per heavy atom. The second-order valence-electron chi connectivity index (χ2n) is 4.39. The Morgan fingerprint density at radius 1 is 1.20 bits per heavy atom. The Labute approximate surface area is 122 Å². The number of phenolic OH excluding ortho intramolecular Hbond substituents is 1. The first kappa shape index (κ1) is 14.2. The minimum absolute atomic E-state index is 0.136. The smallest absolute Gasteiger partial charge is 0.221 e. The lowest BCUT2D eigenvalue weighted by Gasteiger charge is -2.13. The van der Waals surface area contributed by atoms with Crippen LogP contribution in [0.1, 0.15) is 11.1 Å². The predicted octanol–water partition coefficient (Wildman–Crippen LogP) is 2.69. The maximum Gasteiger partial charge on any atom is 0.221 e. The highest BCUT2D eigenvalue weighted by atomic mass is 35.5. The molecule has 5 heteroatoms. The van der Waals surface area contributed by atoms with Crippen LogP contribution in [0.4, 0.5) is 5.69 Å². The molecule has 20 heavy (non-hydrogen) atoms. The summed E-state index contributed by atoms with van der Waals surface area (Å²) in [7, 11) is 0. The fourth-order valence-corrected chi connectivity index (χ4v) is 2.18. The van der Waals surface area contributed by atoms with Crippen molar-refractivity contribution in [3.63, 3.8) is 0 Å². The van der Waals surface area contributed by atoms with Gasteiger partial charge < -0.3 is 16.2 Å². The topological polar surface area (TPSA) is 75.4 Å². The molecule has 104 valence electrons. The number of anilines is 1. The van der Waals surface area contributed by atoms with Crippen LogP contribution < -0.4 is 11.1 Å². The standard InChI is InChI=1S/C15H15ClN2O2/c16-12-5-3-7-14(19)11(12)9-18-13-6-2-1-4-10(13)8-15(17)20/h1-7,18-19H,8-9H2,(H2,17,20). The number of nitrogens with one attached hydrogen (secondary N) is 1. The molecule has 0 aliphatic heterocycles. The van der Waals surface area contributed by atoms with Gasteiger partial charge >= 0.3 is 0 Å². The maximum atomic E-state index is 11.0. The van der Waals surface area contributed by atoms with Crippen LogP contribution in [-0.4, -0.2) is 11.0 Å². The van der Waals surface area contributed by atoms with Crippen molar-refractivity contribution in [3.05, 3.63) is 58.6 Å². The summed E-state index contributed by atoms with van der Waals surface area (Å²) in [6.07, 6.45) is 0.164. The van der Waals surface area contributed by atoms with Gasteiger partial charge in [0.15, 0.2) is 0 Å². The quantitative estimate of drug-likeness (QED) is 0.792. The lowest BCUT2D eigenvalue weighted by Crippen LogP contribution is -2.15. The summed E-state index contributed by atoms with van der Waals surface area (Å²) >= 11 is 6.05. The Morgan fingerprint density at radius 3 is 2.65 bits per heavy atom. The van der Waals surface area contributed by atoms with Crippen LogP contribution in [0.15, 0.2) is 42.5 Å². The second kappa shape index (κ2) is 6.30. The Bertz CT molecular complexity index is 609. The summed E-state index contributed by atoms with van der Waals surface area (Å²) in [5.41, 5.74) is 7.44. The molecule has 0 fully saturated rings. The Hall–Kier alpha value is -2.20. The van der Waals surface area contributed by atoms with Crippen molar-refractivity contribution in [1.29, 1.82) is 0 Å². The lowest BCUT2D eigenvalue weighted by atomic mass is 10.1. The number of carbonyl (C=O) groups is 1. The summed E-state index contributed by atoms with van der Waals surface area (Å²) in [6, 6.07) is 12.4. The van der Waals surface area contributed by atoms with Crippen molar-refractivity contribution in [1.82, 2.24) is 0 Å². The zero-order valence-electron chi connectivity index (χ0n) is 10.8. The van der Waals surface area contributed by atoms with E-state index in [1.807, 2.05) is 24.3 Å². The average Bonchev–Trinajstić information content (AvgIpc) is 2.39. The van der Waals surface area contributed by atoms with Crippen molar-refractivity contribution >= 4 is 23.2 Å². The van der Waals surface area contributed by atoms with Crippen LogP contribution in [0.5, 0.6) is 5.75 Å². The third-order valence-electron chi connectivity index (χ3n) is 2.93. The highest BCUT2D eigenvalue weighted by molar-refractivity contribution is 6.31. The number of hydrogen-bond acceptors (Lipinski definition) is 3. The number of amides is 1. The molecule has 0 radical (unpaired) electrons. The first-order valence-electron chi connectivity index (χ1n) is 6.14. The van der Waals surface area contributed by atoms with Crippen LogP contribution in [0.2, 0.25) is 5.02 Å². The van der Waals surface area contributed by atoms with Crippen LogP contribution in [0, 0.1) is 0 Å². The summed E-state index contributed by atoms with van der Waals surface area (Å²) < 4.78 is 0. The molecule has 0 atom stereocenters. The van der Waals surface area contributed by atoms with E-state index in [0.717, 1.165) is 11.3 Å². The molecule has 2 aromatic rings. The number of hydrogen-bond donors (Lipinski definition) is 3. The summed E-state index contributed by atoms with van der Waals surface area (Å²) in [4.78, 5) is 11.0. The van der Waals surface area contributed by atoms with Gasteiger partial charge in [-0.2, -0.15) is 0 Å². The molecule has 0 aromatic heterocycles. The summed E-state index contributed by atoms with van der Waals surface area (Å²) in [5, 5.41) is 13.4. The Kier molecular flexibility index (Phi) is 4.48. The fourth-order valence-electron chi connectivity index (χ4n) is 1.94. The summed E-state index contributed by atoms with van der Waals surface area (Å²) in [5.74, 6) is -0.253. The highest BCUT2D eigenvalue weighted by Gasteiger charge is 2.08. The molecule has 0 spiro atoms. The van der Waals surface area contributed by atoms with Crippen LogP contribution >= 0.6 is 11.6 Å². The van der Waals surface area contributed by atoms with Gasteiger partial charge in [0.05, 0.1) is 6.42 Å². The molecule has 1 amide bonds. The van der Waals surface area contributed by atoms with Gasteiger partial charge in [0.2, 0.25) is 5.91 Å². The molecule has 0 heterocycles. The number of carbonyl (C=O) groups excluding carboxylic acids is 1. The molecule has 0 aliphatic rings. The molecule has 0 aliphatic carbocycles.